The molecule has 0 saturated carbocycles. The first-order chi connectivity index (χ1) is 6.19. The number of benzene rings is 1. The lowest BCUT2D eigenvalue weighted by molar-refractivity contribution is 0.251. The lowest BCUT2D eigenvalue weighted by Crippen LogP contribution is -2.19. The van der Waals surface area contributed by atoms with Crippen molar-refractivity contribution in [2.24, 2.45) is 0 Å². The first-order valence-corrected chi connectivity index (χ1v) is 4.61. The summed E-state index contributed by atoms with van der Waals surface area (Å²) in [7, 11) is 1.81. The van der Waals surface area contributed by atoms with E-state index in [0.717, 1.165) is 16.1 Å². The first kappa shape index (κ1) is 10.5. The largest absolute Gasteiger partial charge is 0.394 e. The molecule has 1 aromatic carbocycles. The lowest BCUT2D eigenvalue weighted by atomic mass is 10.1. The van der Waals surface area contributed by atoms with Gasteiger partial charge in [0.05, 0.1) is 12.6 Å². The Labute approximate surface area is 83.5 Å². The van der Waals surface area contributed by atoms with Crippen molar-refractivity contribution in [3.63, 3.8) is 0 Å². The smallest absolute Gasteiger partial charge is 0.0626 e. The van der Waals surface area contributed by atoms with Crippen LogP contribution in [0.5, 0.6) is 0 Å². The van der Waals surface area contributed by atoms with Crippen LogP contribution in [0.2, 0.25) is 5.02 Å². The summed E-state index contributed by atoms with van der Waals surface area (Å²) in [5.74, 6) is 0. The molecule has 72 valence electrons. The normalized spacial score (nSPS) is 12.9. The van der Waals surface area contributed by atoms with Gasteiger partial charge >= 0.3 is 0 Å². The van der Waals surface area contributed by atoms with Gasteiger partial charge in [0.2, 0.25) is 0 Å². The van der Waals surface area contributed by atoms with E-state index in [9.17, 15) is 0 Å². The second kappa shape index (κ2) is 4.61. The molecule has 0 amide bonds. The van der Waals surface area contributed by atoms with E-state index in [2.05, 4.69) is 5.32 Å². The molecule has 2 N–H and O–H groups in total. The van der Waals surface area contributed by atoms with Crippen LogP contribution in [0.3, 0.4) is 0 Å². The van der Waals surface area contributed by atoms with Crippen molar-refractivity contribution in [3.05, 3.63) is 34.3 Å². The topological polar surface area (TPSA) is 32.3 Å². The number of hydrogen-bond acceptors (Lipinski definition) is 2. The van der Waals surface area contributed by atoms with Gasteiger partial charge in [0.25, 0.3) is 0 Å². The molecule has 0 aromatic heterocycles. The molecular weight excluding hydrogens is 186 g/mol. The molecule has 0 saturated heterocycles. The summed E-state index contributed by atoms with van der Waals surface area (Å²) in [6.45, 7) is 2.04. The third kappa shape index (κ3) is 2.44. The quantitative estimate of drug-likeness (QED) is 0.780. The predicted octanol–water partition coefficient (Wildman–Crippen LogP) is 1.90. The number of halogens is 1. The molecule has 0 radical (unpaired) electrons. The molecule has 2 nitrogen and oxygen atoms in total. The third-order valence-corrected chi connectivity index (χ3v) is 2.54. The van der Waals surface area contributed by atoms with Gasteiger partial charge in [0.1, 0.15) is 0 Å². The fourth-order valence-corrected chi connectivity index (χ4v) is 1.38. The molecule has 0 bridgehead atoms. The van der Waals surface area contributed by atoms with Gasteiger partial charge in [-0.05, 0) is 31.2 Å². The van der Waals surface area contributed by atoms with Crippen LogP contribution in [0, 0.1) is 6.92 Å². The summed E-state index contributed by atoms with van der Waals surface area (Å²) in [6, 6.07) is 5.78. The Balaban J connectivity index is 2.95. The van der Waals surface area contributed by atoms with E-state index >= 15 is 0 Å². The minimum absolute atomic E-state index is 0.0295. The molecule has 1 aromatic rings. The van der Waals surface area contributed by atoms with Crippen LogP contribution in [-0.4, -0.2) is 18.8 Å². The second-order valence-electron chi connectivity index (χ2n) is 3.03. The lowest BCUT2D eigenvalue weighted by Gasteiger charge is -2.14. The van der Waals surface area contributed by atoms with Crippen LogP contribution < -0.4 is 5.32 Å². The minimum atomic E-state index is -0.0295. The summed E-state index contributed by atoms with van der Waals surface area (Å²) in [4.78, 5) is 0. The van der Waals surface area contributed by atoms with Crippen molar-refractivity contribution < 1.29 is 5.11 Å². The van der Waals surface area contributed by atoms with Gasteiger partial charge in [-0.3, -0.25) is 0 Å². The average Bonchev–Trinajstić information content (AvgIpc) is 2.13. The molecular formula is C10H14ClNO. The Morgan fingerprint density at radius 1 is 1.54 bits per heavy atom. The fraction of sp³-hybridized carbons (Fsp3) is 0.400. The highest BCUT2D eigenvalue weighted by atomic mass is 35.5. The number of hydrogen-bond donors (Lipinski definition) is 2. The molecule has 3 heteroatoms. The number of rotatable bonds is 3. The van der Waals surface area contributed by atoms with Gasteiger partial charge in [-0.15, -0.1) is 0 Å². The van der Waals surface area contributed by atoms with Crippen molar-refractivity contribution in [2.75, 3.05) is 13.7 Å². The maximum absolute atomic E-state index is 9.03. The Morgan fingerprint density at radius 3 is 2.69 bits per heavy atom. The van der Waals surface area contributed by atoms with Crippen LogP contribution >= 0.6 is 11.6 Å². The summed E-state index contributed by atoms with van der Waals surface area (Å²) in [5.41, 5.74) is 2.07. The third-order valence-electron chi connectivity index (χ3n) is 2.13. The zero-order valence-corrected chi connectivity index (χ0v) is 8.60. The predicted molar refractivity (Wildman–Crippen MR) is 55.1 cm³/mol. The molecule has 0 aliphatic rings. The maximum atomic E-state index is 9.03. The van der Waals surface area contributed by atoms with Gasteiger partial charge in [-0.25, -0.2) is 0 Å². The van der Waals surface area contributed by atoms with E-state index in [1.165, 1.54) is 0 Å². The fourth-order valence-electron chi connectivity index (χ4n) is 1.19. The Hall–Kier alpha value is -0.570. The van der Waals surface area contributed by atoms with E-state index in [4.69, 9.17) is 16.7 Å². The number of aliphatic hydroxyl groups is 1. The summed E-state index contributed by atoms with van der Waals surface area (Å²) in [5, 5.41) is 12.8. The number of aryl methyl sites for hydroxylation is 1. The van der Waals surface area contributed by atoms with Crippen LogP contribution in [-0.2, 0) is 0 Å². The Morgan fingerprint density at radius 2 is 2.23 bits per heavy atom. The molecule has 0 aliphatic heterocycles. The van der Waals surface area contributed by atoms with Gasteiger partial charge < -0.3 is 10.4 Å². The van der Waals surface area contributed by atoms with Gasteiger partial charge in [0, 0.05) is 5.02 Å². The van der Waals surface area contributed by atoms with Crippen LogP contribution in [0.1, 0.15) is 17.2 Å². The number of nitrogens with one attached hydrogen (secondary N) is 1. The van der Waals surface area contributed by atoms with Gasteiger partial charge in [0.15, 0.2) is 0 Å². The first-order valence-electron chi connectivity index (χ1n) is 4.23. The molecule has 0 heterocycles. The molecule has 1 atom stereocenters. The van der Waals surface area contributed by atoms with Crippen LogP contribution in [0.25, 0.3) is 0 Å². The molecule has 0 aliphatic carbocycles. The van der Waals surface area contributed by atoms with Crippen LogP contribution in [0.4, 0.5) is 0 Å². The van der Waals surface area contributed by atoms with Gasteiger partial charge in [-0.2, -0.15) is 0 Å². The summed E-state index contributed by atoms with van der Waals surface area (Å²) < 4.78 is 0. The van der Waals surface area contributed by atoms with E-state index in [-0.39, 0.29) is 12.6 Å². The molecule has 1 unspecified atom stereocenters. The summed E-state index contributed by atoms with van der Waals surface area (Å²) in [6.07, 6.45) is 0. The van der Waals surface area contributed by atoms with E-state index in [1.807, 2.05) is 32.2 Å². The highest BCUT2D eigenvalue weighted by Gasteiger charge is 2.08. The van der Waals surface area contributed by atoms with Crippen LogP contribution in [0.15, 0.2) is 18.2 Å². The molecule has 13 heavy (non-hydrogen) atoms. The zero-order valence-electron chi connectivity index (χ0n) is 7.84. The Kier molecular flexibility index (Phi) is 3.72. The van der Waals surface area contributed by atoms with E-state index in [0.29, 0.717) is 0 Å². The van der Waals surface area contributed by atoms with E-state index < -0.39 is 0 Å². The van der Waals surface area contributed by atoms with Crippen molar-refractivity contribution in [3.8, 4) is 0 Å². The SMILES string of the molecule is CNC(CO)c1ccc(C)c(Cl)c1. The van der Waals surface area contributed by atoms with Crippen molar-refractivity contribution >= 4 is 11.6 Å². The van der Waals surface area contributed by atoms with Crippen molar-refractivity contribution in [2.45, 2.75) is 13.0 Å². The number of aliphatic hydroxyl groups excluding tert-OH is 1. The standard InChI is InChI=1S/C10H14ClNO/c1-7-3-4-8(5-9(7)11)10(6-13)12-2/h3-5,10,12-13H,6H2,1-2H3. The monoisotopic (exact) mass is 199 g/mol. The van der Waals surface area contributed by atoms with Crippen molar-refractivity contribution in [1.82, 2.24) is 5.32 Å². The highest BCUT2D eigenvalue weighted by molar-refractivity contribution is 6.31. The Bertz CT molecular complexity index is 284. The molecule has 1 rings (SSSR count). The summed E-state index contributed by atoms with van der Waals surface area (Å²) >= 11 is 5.96. The molecule has 0 fully saturated rings. The van der Waals surface area contributed by atoms with E-state index in [1.54, 1.807) is 0 Å². The second-order valence-corrected chi connectivity index (χ2v) is 3.44. The number of likely N-dealkylation sites (N-methyl/N-ethyl adjacent to an activating group) is 1. The molecule has 0 spiro atoms. The minimum Gasteiger partial charge on any atom is -0.394 e. The zero-order chi connectivity index (χ0) is 9.84. The van der Waals surface area contributed by atoms with Gasteiger partial charge in [-0.1, -0.05) is 23.7 Å². The van der Waals surface area contributed by atoms with Crippen molar-refractivity contribution in [1.29, 1.82) is 0 Å². The highest BCUT2D eigenvalue weighted by Crippen LogP contribution is 2.20. The maximum Gasteiger partial charge on any atom is 0.0626 e. The average molecular weight is 200 g/mol.